The number of unbranched alkanes of at least 4 members (excludes halogenated alkanes) is 15. The van der Waals surface area contributed by atoms with Crippen molar-refractivity contribution in [2.24, 2.45) is 0 Å². The highest BCUT2D eigenvalue weighted by Gasteiger charge is 2.20. The molecule has 0 spiro atoms. The van der Waals surface area contributed by atoms with Crippen LogP contribution in [0.4, 0.5) is 0 Å². The third-order valence-corrected chi connectivity index (χ3v) is 5.87. The van der Waals surface area contributed by atoms with Crippen LogP contribution in [-0.4, -0.2) is 56.1 Å². The Kier molecular flexibility index (Phi) is 25.2. The highest BCUT2D eigenvalue weighted by Crippen LogP contribution is 2.14. The topological polar surface area (TPSA) is 29.5 Å². The zero-order valence-corrected chi connectivity index (χ0v) is 21.4. The molecule has 0 saturated heterocycles. The molecule has 182 valence electrons. The molecule has 0 amide bonds. The summed E-state index contributed by atoms with van der Waals surface area (Å²) < 4.78 is 6.22. The van der Waals surface area contributed by atoms with Gasteiger partial charge in [0.25, 0.3) is 0 Å². The van der Waals surface area contributed by atoms with Gasteiger partial charge in [-0.25, -0.2) is 0 Å². The van der Waals surface area contributed by atoms with Crippen LogP contribution in [0, 0.1) is 0 Å². The van der Waals surface area contributed by atoms with Crippen LogP contribution >= 0.6 is 0 Å². The number of quaternary nitrogens is 1. The summed E-state index contributed by atoms with van der Waals surface area (Å²) in [6, 6.07) is 0. The number of aliphatic hydroxyl groups excluding tert-OH is 1. The molecular weight excluding hydrogens is 394 g/mol. The van der Waals surface area contributed by atoms with E-state index in [4.69, 9.17) is 4.74 Å². The molecule has 0 aromatic carbocycles. The van der Waals surface area contributed by atoms with Crippen molar-refractivity contribution in [3.05, 3.63) is 12.7 Å². The lowest BCUT2D eigenvalue weighted by molar-refractivity contribution is -0.893. The molecule has 0 aromatic rings. The van der Waals surface area contributed by atoms with Gasteiger partial charge in [-0.05, 0) is 12.8 Å². The fourth-order valence-corrected chi connectivity index (χ4v) is 4.09. The fourth-order valence-electron chi connectivity index (χ4n) is 4.09. The second kappa shape index (κ2) is 23.6. The molecule has 1 unspecified atom stereocenters. The van der Waals surface area contributed by atoms with Gasteiger partial charge in [-0.15, -0.1) is 6.58 Å². The first kappa shape index (κ1) is 32.1. The number of hydrogen-bond donors (Lipinski definition) is 1. The molecule has 3 nitrogen and oxygen atoms in total. The average Bonchev–Trinajstić information content (AvgIpc) is 2.67. The Balaban J connectivity index is 0. The van der Waals surface area contributed by atoms with Crippen molar-refractivity contribution in [2.75, 3.05) is 40.4 Å². The largest absolute Gasteiger partial charge is 1.00 e. The molecule has 0 heterocycles. The number of halogens is 1. The Morgan fingerprint density at radius 3 is 1.57 bits per heavy atom. The van der Waals surface area contributed by atoms with Gasteiger partial charge >= 0.3 is 0 Å². The summed E-state index contributed by atoms with van der Waals surface area (Å²) in [4.78, 5) is 0. The van der Waals surface area contributed by atoms with E-state index in [2.05, 4.69) is 27.6 Å². The first-order valence-electron chi connectivity index (χ1n) is 12.7. The maximum absolute atomic E-state index is 10.1. The van der Waals surface area contributed by atoms with Crippen LogP contribution in [0.2, 0.25) is 0 Å². The maximum Gasteiger partial charge on any atom is 0.126 e. The third-order valence-electron chi connectivity index (χ3n) is 5.87. The van der Waals surface area contributed by atoms with E-state index in [0.29, 0.717) is 13.2 Å². The molecule has 0 saturated carbocycles. The van der Waals surface area contributed by atoms with Gasteiger partial charge in [0.15, 0.2) is 0 Å². The summed E-state index contributed by atoms with van der Waals surface area (Å²) in [6.07, 6.45) is 23.9. The molecule has 1 N–H and O–H groups in total. The lowest BCUT2D eigenvalue weighted by Gasteiger charge is -2.31. The molecule has 0 radical (unpaired) electrons. The molecule has 1 atom stereocenters. The molecule has 0 bridgehead atoms. The molecule has 30 heavy (non-hydrogen) atoms. The lowest BCUT2D eigenvalue weighted by Crippen LogP contribution is -3.00. The van der Waals surface area contributed by atoms with E-state index in [1.54, 1.807) is 6.08 Å². The van der Waals surface area contributed by atoms with Crippen molar-refractivity contribution in [3.8, 4) is 0 Å². The molecule has 0 aliphatic heterocycles. The summed E-state index contributed by atoms with van der Waals surface area (Å²) in [6.45, 7) is 8.74. The Hall–Kier alpha value is -0.0900. The highest BCUT2D eigenvalue weighted by molar-refractivity contribution is 4.64. The zero-order valence-electron chi connectivity index (χ0n) is 20.7. The average molecular weight is 448 g/mol. The fraction of sp³-hybridized carbons (Fsp3) is 0.923. The number of nitrogens with zero attached hydrogens (tertiary/aromatic N) is 1. The van der Waals surface area contributed by atoms with Gasteiger partial charge in [0.1, 0.15) is 12.6 Å². The van der Waals surface area contributed by atoms with E-state index in [0.717, 1.165) is 17.6 Å². The Labute approximate surface area is 195 Å². The van der Waals surface area contributed by atoms with Crippen LogP contribution in [0.15, 0.2) is 12.7 Å². The third kappa shape index (κ3) is 24.2. The minimum absolute atomic E-state index is 0. The zero-order chi connectivity index (χ0) is 21.6. The number of ether oxygens (including phenoxy) is 1. The lowest BCUT2D eigenvalue weighted by atomic mass is 10.0. The van der Waals surface area contributed by atoms with Gasteiger partial charge in [-0.3, -0.25) is 0 Å². The predicted octanol–water partition coefficient (Wildman–Crippen LogP) is 3.89. The summed E-state index contributed by atoms with van der Waals surface area (Å²) in [7, 11) is 4.42. The van der Waals surface area contributed by atoms with Crippen molar-refractivity contribution in [3.63, 3.8) is 0 Å². The van der Waals surface area contributed by atoms with Crippen LogP contribution in [0.3, 0.4) is 0 Å². The normalized spacial score (nSPS) is 12.5. The number of rotatable bonds is 23. The number of hydrogen-bond acceptors (Lipinski definition) is 2. The van der Waals surface area contributed by atoms with E-state index in [1.807, 2.05) is 0 Å². The van der Waals surface area contributed by atoms with Gasteiger partial charge in [-0.2, -0.15) is 0 Å². The second-order valence-corrected chi connectivity index (χ2v) is 9.63. The standard InChI is InChI=1S/C26H54NO2.ClH/c1-5-7-8-9-10-11-12-13-14-15-16-17-18-19-20-21-22-27(3,4)24-26(28)25-29-23-6-2;/h6,26,28H,2,5,7-25H2,1,3-4H3;1H/q+1;/p-1. The molecule has 0 aromatic heterocycles. The molecule has 0 fully saturated rings. The summed E-state index contributed by atoms with van der Waals surface area (Å²) >= 11 is 0. The molecule has 4 heteroatoms. The van der Waals surface area contributed by atoms with Crippen LogP contribution < -0.4 is 12.4 Å². The van der Waals surface area contributed by atoms with Crippen LogP contribution in [0.5, 0.6) is 0 Å². The first-order chi connectivity index (χ1) is 14.0. The quantitative estimate of drug-likeness (QED) is 0.146. The number of aliphatic hydroxyl groups is 1. The Bertz CT molecular complexity index is 350. The SMILES string of the molecule is C=CCOCC(O)C[N+](C)(C)CCCCCCCCCCCCCCCCCC.[Cl-]. The van der Waals surface area contributed by atoms with Gasteiger partial charge in [-0.1, -0.05) is 103 Å². The van der Waals surface area contributed by atoms with Gasteiger partial charge < -0.3 is 26.7 Å². The van der Waals surface area contributed by atoms with E-state index in [1.165, 1.54) is 103 Å². The van der Waals surface area contributed by atoms with Crippen LogP contribution in [0.1, 0.15) is 110 Å². The van der Waals surface area contributed by atoms with E-state index >= 15 is 0 Å². The molecule has 0 aliphatic carbocycles. The Morgan fingerprint density at radius 1 is 0.767 bits per heavy atom. The van der Waals surface area contributed by atoms with Crippen molar-refractivity contribution in [1.82, 2.24) is 0 Å². The van der Waals surface area contributed by atoms with E-state index < -0.39 is 0 Å². The van der Waals surface area contributed by atoms with Gasteiger partial charge in [0.2, 0.25) is 0 Å². The molecule has 0 rings (SSSR count). The smallest absolute Gasteiger partial charge is 0.126 e. The second-order valence-electron chi connectivity index (χ2n) is 9.63. The minimum atomic E-state index is -0.383. The van der Waals surface area contributed by atoms with Gasteiger partial charge in [0, 0.05) is 0 Å². The van der Waals surface area contributed by atoms with Crippen molar-refractivity contribution >= 4 is 0 Å². The summed E-state index contributed by atoms with van der Waals surface area (Å²) in [5, 5.41) is 10.1. The monoisotopic (exact) mass is 447 g/mol. The van der Waals surface area contributed by atoms with Crippen LogP contribution in [0.25, 0.3) is 0 Å². The summed E-state index contributed by atoms with van der Waals surface area (Å²) in [5.74, 6) is 0. The van der Waals surface area contributed by atoms with Gasteiger partial charge in [0.05, 0.1) is 33.9 Å². The first-order valence-corrected chi connectivity index (χ1v) is 12.7. The van der Waals surface area contributed by atoms with Crippen molar-refractivity contribution < 1.29 is 26.7 Å². The number of likely N-dealkylation sites (N-methyl/N-ethyl adjacent to an activating group) is 1. The predicted molar refractivity (Wildman–Crippen MR) is 128 cm³/mol. The summed E-state index contributed by atoms with van der Waals surface area (Å²) in [5.41, 5.74) is 0. The maximum atomic E-state index is 10.1. The van der Waals surface area contributed by atoms with Crippen molar-refractivity contribution in [2.45, 2.75) is 116 Å². The highest BCUT2D eigenvalue weighted by atomic mass is 35.5. The molecule has 0 aliphatic rings. The minimum Gasteiger partial charge on any atom is -1.00 e. The molecular formula is C26H54ClNO2. The Morgan fingerprint density at radius 2 is 1.17 bits per heavy atom. The van der Waals surface area contributed by atoms with E-state index in [9.17, 15) is 5.11 Å². The van der Waals surface area contributed by atoms with Crippen LogP contribution in [-0.2, 0) is 4.74 Å². The van der Waals surface area contributed by atoms with E-state index in [-0.39, 0.29) is 18.5 Å². The van der Waals surface area contributed by atoms with Crippen molar-refractivity contribution in [1.29, 1.82) is 0 Å².